The zero-order chi connectivity index (χ0) is 17.5. The predicted molar refractivity (Wildman–Crippen MR) is 82.4 cm³/mol. The number of ether oxygens (including phenoxy) is 2. The summed E-state index contributed by atoms with van der Waals surface area (Å²) in [6, 6.07) is 2.44. The highest BCUT2D eigenvalue weighted by Crippen LogP contribution is 2.18. The van der Waals surface area contributed by atoms with Gasteiger partial charge in [-0.1, -0.05) is 0 Å². The van der Waals surface area contributed by atoms with Crippen molar-refractivity contribution in [2.24, 2.45) is 11.7 Å². The van der Waals surface area contributed by atoms with Crippen LogP contribution in [0.15, 0.2) is 18.2 Å². The van der Waals surface area contributed by atoms with Crippen LogP contribution in [0.25, 0.3) is 0 Å². The van der Waals surface area contributed by atoms with E-state index in [0.717, 1.165) is 25.0 Å². The molecule has 1 saturated heterocycles. The highest BCUT2D eigenvalue weighted by molar-refractivity contribution is 5.81. The van der Waals surface area contributed by atoms with Crippen molar-refractivity contribution in [2.45, 2.75) is 25.0 Å². The topological polar surface area (TPSA) is 93.8 Å². The fourth-order valence-corrected chi connectivity index (χ4v) is 2.44. The Morgan fingerprint density at radius 3 is 2.75 bits per heavy atom. The zero-order valence-electron chi connectivity index (χ0n) is 13.2. The summed E-state index contributed by atoms with van der Waals surface area (Å²) < 4.78 is 36.2. The van der Waals surface area contributed by atoms with Crippen LogP contribution in [0.4, 0.5) is 8.78 Å². The van der Waals surface area contributed by atoms with Gasteiger partial charge in [-0.15, -0.1) is 0 Å². The van der Waals surface area contributed by atoms with Crippen LogP contribution in [-0.2, 0) is 9.53 Å². The van der Waals surface area contributed by atoms with Gasteiger partial charge in [0.1, 0.15) is 18.5 Å². The number of hydrogen-bond donors (Lipinski definition) is 3. The lowest BCUT2D eigenvalue weighted by Crippen LogP contribution is -2.49. The Morgan fingerprint density at radius 1 is 1.38 bits per heavy atom. The summed E-state index contributed by atoms with van der Waals surface area (Å²) in [5.74, 6) is -2.18. The summed E-state index contributed by atoms with van der Waals surface area (Å²) >= 11 is 0. The molecule has 1 fully saturated rings. The Morgan fingerprint density at radius 2 is 2.08 bits per heavy atom. The minimum absolute atomic E-state index is 0.0422. The van der Waals surface area contributed by atoms with Gasteiger partial charge < -0.3 is 25.6 Å². The van der Waals surface area contributed by atoms with Crippen molar-refractivity contribution in [1.29, 1.82) is 0 Å². The maximum Gasteiger partial charge on any atom is 0.237 e. The SMILES string of the molecule is NC(C(=O)NCC(O)COc1ccc(F)c(F)c1)C1CCOCC1. The summed E-state index contributed by atoms with van der Waals surface area (Å²) in [6.07, 6.45) is 0.469. The first-order chi connectivity index (χ1) is 11.5. The maximum atomic E-state index is 13.0. The molecule has 6 nitrogen and oxygen atoms in total. The zero-order valence-corrected chi connectivity index (χ0v) is 13.2. The van der Waals surface area contributed by atoms with Crippen LogP contribution >= 0.6 is 0 Å². The quantitative estimate of drug-likeness (QED) is 0.673. The smallest absolute Gasteiger partial charge is 0.237 e. The number of aliphatic hydroxyl groups is 1. The Hall–Kier alpha value is -1.77. The molecule has 2 unspecified atom stereocenters. The number of halogens is 2. The summed E-state index contributed by atoms with van der Waals surface area (Å²) in [4.78, 5) is 12.0. The summed E-state index contributed by atoms with van der Waals surface area (Å²) in [7, 11) is 0. The third-order valence-electron chi connectivity index (χ3n) is 3.92. The van der Waals surface area contributed by atoms with Crippen molar-refractivity contribution in [2.75, 3.05) is 26.4 Å². The van der Waals surface area contributed by atoms with Gasteiger partial charge in [0.2, 0.25) is 5.91 Å². The van der Waals surface area contributed by atoms with Crippen molar-refractivity contribution < 1.29 is 28.2 Å². The average molecular weight is 344 g/mol. The number of hydrogen-bond acceptors (Lipinski definition) is 5. The standard InChI is InChI=1S/C16H22F2N2O4/c17-13-2-1-12(7-14(13)18)24-9-11(21)8-20-16(22)15(19)10-3-5-23-6-4-10/h1-2,7,10-11,15,21H,3-6,8-9,19H2,(H,20,22). The molecule has 0 aliphatic carbocycles. The van der Waals surface area contributed by atoms with E-state index in [4.69, 9.17) is 15.2 Å². The first kappa shape index (κ1) is 18.6. The molecule has 0 bridgehead atoms. The molecule has 2 atom stereocenters. The number of aliphatic hydroxyl groups excluding tert-OH is 1. The van der Waals surface area contributed by atoms with E-state index in [1.54, 1.807) is 0 Å². The van der Waals surface area contributed by atoms with Gasteiger partial charge in [0.25, 0.3) is 0 Å². The van der Waals surface area contributed by atoms with E-state index < -0.39 is 23.8 Å². The number of carbonyl (C=O) groups is 1. The van der Waals surface area contributed by atoms with Gasteiger partial charge in [-0.2, -0.15) is 0 Å². The van der Waals surface area contributed by atoms with E-state index >= 15 is 0 Å². The van der Waals surface area contributed by atoms with Crippen LogP contribution in [0.5, 0.6) is 5.75 Å². The van der Waals surface area contributed by atoms with Crippen molar-refractivity contribution in [1.82, 2.24) is 5.32 Å². The molecule has 4 N–H and O–H groups in total. The molecule has 0 spiro atoms. The summed E-state index contributed by atoms with van der Waals surface area (Å²) in [5, 5.41) is 12.4. The number of carbonyl (C=O) groups excluding carboxylic acids is 1. The second-order valence-corrected chi connectivity index (χ2v) is 5.76. The first-order valence-corrected chi connectivity index (χ1v) is 7.84. The van der Waals surface area contributed by atoms with E-state index in [9.17, 15) is 18.7 Å². The Balaban J connectivity index is 1.70. The van der Waals surface area contributed by atoms with E-state index in [1.807, 2.05) is 0 Å². The van der Waals surface area contributed by atoms with Crippen molar-refractivity contribution in [3.05, 3.63) is 29.8 Å². The molecule has 1 aliphatic rings. The average Bonchev–Trinajstić information content (AvgIpc) is 2.60. The Bertz CT molecular complexity index is 553. The predicted octanol–water partition coefficient (Wildman–Crippen LogP) is 0.575. The molecule has 0 saturated carbocycles. The van der Waals surface area contributed by atoms with E-state index in [2.05, 4.69) is 5.32 Å². The molecule has 0 radical (unpaired) electrons. The van der Waals surface area contributed by atoms with Gasteiger partial charge in [-0.05, 0) is 30.9 Å². The van der Waals surface area contributed by atoms with Crippen LogP contribution in [0.3, 0.4) is 0 Å². The second-order valence-electron chi connectivity index (χ2n) is 5.76. The molecule has 1 aromatic carbocycles. The van der Waals surface area contributed by atoms with Gasteiger partial charge in [0.15, 0.2) is 11.6 Å². The molecule has 2 rings (SSSR count). The van der Waals surface area contributed by atoms with Gasteiger partial charge in [0.05, 0.1) is 6.04 Å². The van der Waals surface area contributed by atoms with Crippen LogP contribution in [0, 0.1) is 17.6 Å². The summed E-state index contributed by atoms with van der Waals surface area (Å²) in [6.45, 7) is 0.976. The van der Waals surface area contributed by atoms with Crippen molar-refractivity contribution in [3.63, 3.8) is 0 Å². The van der Waals surface area contributed by atoms with Crippen LogP contribution in [0.1, 0.15) is 12.8 Å². The number of amides is 1. The molecule has 1 amide bonds. The molecule has 0 aromatic heterocycles. The fraction of sp³-hybridized carbons (Fsp3) is 0.562. The van der Waals surface area contributed by atoms with E-state index in [0.29, 0.717) is 13.2 Å². The number of benzene rings is 1. The lowest BCUT2D eigenvalue weighted by Gasteiger charge is -2.27. The van der Waals surface area contributed by atoms with Gasteiger partial charge >= 0.3 is 0 Å². The largest absolute Gasteiger partial charge is 0.491 e. The number of nitrogens with one attached hydrogen (secondary N) is 1. The molecule has 8 heteroatoms. The van der Waals surface area contributed by atoms with Crippen LogP contribution < -0.4 is 15.8 Å². The third-order valence-corrected chi connectivity index (χ3v) is 3.92. The Labute approximate surface area is 138 Å². The van der Waals surface area contributed by atoms with E-state index in [1.165, 1.54) is 6.07 Å². The van der Waals surface area contributed by atoms with Crippen molar-refractivity contribution >= 4 is 5.91 Å². The van der Waals surface area contributed by atoms with Gasteiger partial charge in [-0.3, -0.25) is 4.79 Å². The second kappa shape index (κ2) is 8.91. The lowest BCUT2D eigenvalue weighted by atomic mass is 9.92. The molecular weight excluding hydrogens is 322 g/mol. The normalized spacial score (nSPS) is 18.0. The van der Waals surface area contributed by atoms with Gasteiger partial charge in [0, 0.05) is 25.8 Å². The van der Waals surface area contributed by atoms with E-state index in [-0.39, 0.29) is 30.7 Å². The summed E-state index contributed by atoms with van der Waals surface area (Å²) in [5.41, 5.74) is 5.92. The monoisotopic (exact) mass is 344 g/mol. The maximum absolute atomic E-state index is 13.0. The Kier molecular flexibility index (Phi) is 6.89. The number of nitrogens with two attached hydrogens (primary N) is 1. The molecule has 1 aromatic rings. The molecule has 1 aliphatic heterocycles. The molecule has 1 heterocycles. The third kappa shape index (κ3) is 5.40. The van der Waals surface area contributed by atoms with Crippen molar-refractivity contribution in [3.8, 4) is 5.75 Å². The minimum Gasteiger partial charge on any atom is -0.491 e. The molecule has 134 valence electrons. The highest BCUT2D eigenvalue weighted by atomic mass is 19.2. The fourth-order valence-electron chi connectivity index (χ4n) is 2.44. The van der Waals surface area contributed by atoms with Crippen LogP contribution in [0.2, 0.25) is 0 Å². The number of rotatable bonds is 7. The molecular formula is C16H22F2N2O4. The molecule has 24 heavy (non-hydrogen) atoms. The van der Waals surface area contributed by atoms with Crippen LogP contribution in [-0.4, -0.2) is 49.5 Å². The van der Waals surface area contributed by atoms with Gasteiger partial charge in [-0.25, -0.2) is 8.78 Å². The first-order valence-electron chi connectivity index (χ1n) is 7.84. The lowest BCUT2D eigenvalue weighted by molar-refractivity contribution is -0.124. The highest BCUT2D eigenvalue weighted by Gasteiger charge is 2.26. The minimum atomic E-state index is -1.03.